The molecule has 0 fully saturated rings. The van der Waals surface area contributed by atoms with Crippen LogP contribution in [0.15, 0.2) is 18.6 Å². The predicted molar refractivity (Wildman–Crippen MR) is 67.9 cm³/mol. The largest absolute Gasteiger partial charge is 0.346 e. The van der Waals surface area contributed by atoms with E-state index in [2.05, 4.69) is 20.3 Å². The predicted octanol–water partition coefficient (Wildman–Crippen LogP) is 0.630. The van der Waals surface area contributed by atoms with Gasteiger partial charge in [-0.15, -0.1) is 11.3 Å². The number of carbonyl (C=O) groups excluding carboxylic acids is 1. The van der Waals surface area contributed by atoms with Crippen LogP contribution >= 0.6 is 11.3 Å². The summed E-state index contributed by atoms with van der Waals surface area (Å²) in [5.41, 5.74) is 6.35. The monoisotopic (exact) mass is 263 g/mol. The molecule has 18 heavy (non-hydrogen) atoms. The number of carbonyl (C=O) groups is 1. The molecule has 0 aliphatic heterocycles. The topological polar surface area (TPSA) is 93.8 Å². The van der Waals surface area contributed by atoms with E-state index in [1.54, 1.807) is 17.5 Å². The molecule has 0 saturated carbocycles. The molecule has 0 atom stereocenters. The highest BCUT2D eigenvalue weighted by atomic mass is 32.1. The van der Waals surface area contributed by atoms with Gasteiger partial charge >= 0.3 is 0 Å². The Morgan fingerprint density at radius 1 is 1.33 bits per heavy atom. The smallest absolute Gasteiger partial charge is 0.271 e. The fourth-order valence-corrected chi connectivity index (χ4v) is 2.06. The lowest BCUT2D eigenvalue weighted by Crippen LogP contribution is -2.23. The van der Waals surface area contributed by atoms with E-state index in [4.69, 9.17) is 5.73 Å². The first-order chi connectivity index (χ1) is 8.69. The van der Waals surface area contributed by atoms with E-state index < -0.39 is 0 Å². The lowest BCUT2D eigenvalue weighted by Gasteiger charge is -2.02. The molecule has 2 heterocycles. The zero-order valence-corrected chi connectivity index (χ0v) is 10.7. The number of aryl methyl sites for hydroxylation is 1. The summed E-state index contributed by atoms with van der Waals surface area (Å²) in [7, 11) is 0. The molecule has 6 nitrogen and oxygen atoms in total. The van der Waals surface area contributed by atoms with Gasteiger partial charge in [0.1, 0.15) is 5.69 Å². The van der Waals surface area contributed by atoms with Crippen molar-refractivity contribution in [2.75, 3.05) is 0 Å². The molecule has 2 aromatic rings. The Balaban J connectivity index is 1.94. The van der Waals surface area contributed by atoms with Crippen molar-refractivity contribution in [3.8, 4) is 0 Å². The average Bonchev–Trinajstić information content (AvgIpc) is 2.82. The van der Waals surface area contributed by atoms with Gasteiger partial charge in [-0.1, -0.05) is 0 Å². The number of thiazole rings is 1. The van der Waals surface area contributed by atoms with Crippen molar-refractivity contribution in [3.05, 3.63) is 39.9 Å². The highest BCUT2D eigenvalue weighted by molar-refractivity contribution is 7.11. The maximum absolute atomic E-state index is 11.8. The van der Waals surface area contributed by atoms with Crippen LogP contribution in [0.25, 0.3) is 0 Å². The summed E-state index contributed by atoms with van der Waals surface area (Å²) in [4.78, 5) is 24.9. The molecule has 7 heteroatoms. The van der Waals surface area contributed by atoms with Crippen molar-refractivity contribution >= 4 is 17.2 Å². The zero-order valence-electron chi connectivity index (χ0n) is 9.88. The van der Waals surface area contributed by atoms with Crippen molar-refractivity contribution in [1.29, 1.82) is 0 Å². The second kappa shape index (κ2) is 5.65. The molecular weight excluding hydrogens is 250 g/mol. The van der Waals surface area contributed by atoms with Gasteiger partial charge in [0.25, 0.3) is 5.91 Å². The molecule has 0 unspecified atom stereocenters. The summed E-state index contributed by atoms with van der Waals surface area (Å²) < 4.78 is 0. The van der Waals surface area contributed by atoms with Gasteiger partial charge in [0, 0.05) is 17.6 Å². The minimum atomic E-state index is -0.253. The molecule has 0 aliphatic rings. The summed E-state index contributed by atoms with van der Waals surface area (Å²) in [5, 5.41) is 3.74. The van der Waals surface area contributed by atoms with Crippen LogP contribution in [0, 0.1) is 6.92 Å². The molecule has 0 spiro atoms. The maximum atomic E-state index is 11.8. The van der Waals surface area contributed by atoms with Gasteiger partial charge < -0.3 is 11.1 Å². The van der Waals surface area contributed by atoms with Gasteiger partial charge in [-0.05, 0) is 6.92 Å². The molecule has 2 aromatic heterocycles. The van der Waals surface area contributed by atoms with E-state index >= 15 is 0 Å². The number of hydrogen-bond donors (Lipinski definition) is 2. The average molecular weight is 263 g/mol. The first kappa shape index (κ1) is 12.6. The highest BCUT2D eigenvalue weighted by Gasteiger charge is 2.08. The number of aromatic nitrogens is 3. The zero-order chi connectivity index (χ0) is 13.0. The van der Waals surface area contributed by atoms with Crippen LogP contribution < -0.4 is 11.1 Å². The molecule has 94 valence electrons. The van der Waals surface area contributed by atoms with E-state index in [0.717, 1.165) is 9.88 Å². The normalized spacial score (nSPS) is 10.3. The number of nitrogens with one attached hydrogen (secondary N) is 1. The Kier molecular flexibility index (Phi) is 3.96. The van der Waals surface area contributed by atoms with E-state index in [1.807, 2.05) is 6.92 Å². The quantitative estimate of drug-likeness (QED) is 0.843. The van der Waals surface area contributed by atoms with Gasteiger partial charge in [0.05, 0.1) is 29.6 Å². The van der Waals surface area contributed by atoms with Gasteiger partial charge in [-0.3, -0.25) is 9.78 Å². The maximum Gasteiger partial charge on any atom is 0.271 e. The molecule has 0 aromatic carbocycles. The standard InChI is InChI=1S/C11H13N5OS/c1-7-13-4-9(18-7)5-16-11(17)10-6-14-8(2-12)3-15-10/h3-4,6H,2,5,12H2,1H3,(H,16,17). The molecule has 1 amide bonds. The number of hydrogen-bond acceptors (Lipinski definition) is 6. The number of nitrogens with two attached hydrogens (primary N) is 1. The van der Waals surface area contributed by atoms with Crippen LogP contribution in [0.2, 0.25) is 0 Å². The second-order valence-electron chi connectivity index (χ2n) is 3.63. The summed E-state index contributed by atoms with van der Waals surface area (Å²) in [6.45, 7) is 2.69. The Bertz CT molecular complexity index is 537. The molecule has 0 radical (unpaired) electrons. The van der Waals surface area contributed by atoms with Crippen molar-refractivity contribution in [2.45, 2.75) is 20.0 Å². The lowest BCUT2D eigenvalue weighted by atomic mass is 10.4. The summed E-state index contributed by atoms with van der Waals surface area (Å²) in [6.07, 6.45) is 4.69. The van der Waals surface area contributed by atoms with E-state index in [-0.39, 0.29) is 11.6 Å². The fraction of sp³-hybridized carbons (Fsp3) is 0.273. The first-order valence-electron chi connectivity index (χ1n) is 5.39. The summed E-state index contributed by atoms with van der Waals surface area (Å²) in [6, 6.07) is 0. The third kappa shape index (κ3) is 3.08. The van der Waals surface area contributed by atoms with E-state index in [0.29, 0.717) is 18.8 Å². The molecule has 0 aliphatic carbocycles. The number of rotatable bonds is 4. The summed E-state index contributed by atoms with van der Waals surface area (Å²) in [5.74, 6) is -0.253. The third-order valence-electron chi connectivity index (χ3n) is 2.24. The van der Waals surface area contributed by atoms with Gasteiger partial charge in [-0.2, -0.15) is 0 Å². The van der Waals surface area contributed by atoms with Crippen molar-refractivity contribution < 1.29 is 4.79 Å². The van der Waals surface area contributed by atoms with E-state index in [9.17, 15) is 4.79 Å². The van der Waals surface area contributed by atoms with Gasteiger partial charge in [0.2, 0.25) is 0 Å². The van der Waals surface area contributed by atoms with Crippen LogP contribution in [-0.2, 0) is 13.1 Å². The SMILES string of the molecule is Cc1ncc(CNC(=O)c2cnc(CN)cn2)s1. The van der Waals surface area contributed by atoms with Crippen LogP contribution in [0.1, 0.15) is 26.1 Å². The Hall–Kier alpha value is -1.86. The molecule has 0 bridgehead atoms. The number of nitrogens with zero attached hydrogens (tertiary/aromatic N) is 3. The van der Waals surface area contributed by atoms with Gasteiger partial charge in [0.15, 0.2) is 0 Å². The molecule has 3 N–H and O–H groups in total. The van der Waals surface area contributed by atoms with Crippen LogP contribution in [0.3, 0.4) is 0 Å². The lowest BCUT2D eigenvalue weighted by molar-refractivity contribution is 0.0946. The Morgan fingerprint density at radius 2 is 2.17 bits per heavy atom. The molecule has 0 saturated heterocycles. The minimum absolute atomic E-state index is 0.253. The van der Waals surface area contributed by atoms with Crippen LogP contribution in [-0.4, -0.2) is 20.9 Å². The van der Waals surface area contributed by atoms with Gasteiger partial charge in [-0.25, -0.2) is 9.97 Å². The fourth-order valence-electron chi connectivity index (χ4n) is 1.32. The Labute approximate surface area is 108 Å². The third-order valence-corrected chi connectivity index (χ3v) is 3.15. The van der Waals surface area contributed by atoms with Crippen molar-refractivity contribution in [3.63, 3.8) is 0 Å². The van der Waals surface area contributed by atoms with Crippen molar-refractivity contribution in [2.24, 2.45) is 5.73 Å². The molecule has 2 rings (SSSR count). The first-order valence-corrected chi connectivity index (χ1v) is 6.21. The van der Waals surface area contributed by atoms with E-state index in [1.165, 1.54) is 12.4 Å². The second-order valence-corrected chi connectivity index (χ2v) is 4.94. The highest BCUT2D eigenvalue weighted by Crippen LogP contribution is 2.10. The Morgan fingerprint density at radius 3 is 2.72 bits per heavy atom. The van der Waals surface area contributed by atoms with Crippen LogP contribution in [0.5, 0.6) is 0 Å². The summed E-state index contributed by atoms with van der Waals surface area (Å²) >= 11 is 1.55. The minimum Gasteiger partial charge on any atom is -0.346 e. The molecular formula is C11H13N5OS. The number of amides is 1. The van der Waals surface area contributed by atoms with Crippen LogP contribution in [0.4, 0.5) is 0 Å². The van der Waals surface area contributed by atoms with Crippen molar-refractivity contribution in [1.82, 2.24) is 20.3 Å².